The molecule has 0 aliphatic heterocycles. The molecule has 1 aliphatic carbocycles. The molecule has 1 aromatic rings. The van der Waals surface area contributed by atoms with Gasteiger partial charge in [-0.2, -0.15) is 0 Å². The Balaban J connectivity index is 2.10. The number of hydrogen-bond donors (Lipinski definition) is 2. The van der Waals surface area contributed by atoms with E-state index in [2.05, 4.69) is 5.32 Å². The fourth-order valence-corrected chi connectivity index (χ4v) is 1.72. The number of carbonyl (C=O) groups excluding carboxylic acids is 1. The van der Waals surface area contributed by atoms with E-state index in [1.165, 1.54) is 12.1 Å². The van der Waals surface area contributed by atoms with Gasteiger partial charge in [-0.3, -0.25) is 4.79 Å². The average molecular weight is 222 g/mol. The van der Waals surface area contributed by atoms with Gasteiger partial charge < -0.3 is 11.1 Å². The summed E-state index contributed by atoms with van der Waals surface area (Å²) >= 11 is 0. The van der Waals surface area contributed by atoms with Crippen molar-refractivity contribution in [2.45, 2.75) is 19.8 Å². The van der Waals surface area contributed by atoms with E-state index in [-0.39, 0.29) is 23.2 Å². The average Bonchev–Trinajstić information content (AvgIpc) is 3.06. The number of hydrogen-bond acceptors (Lipinski definition) is 2. The monoisotopic (exact) mass is 222 g/mol. The molecule has 1 unspecified atom stereocenters. The van der Waals surface area contributed by atoms with Crippen LogP contribution < -0.4 is 11.1 Å². The first-order chi connectivity index (χ1) is 7.59. The fraction of sp³-hybridized carbons (Fsp3) is 0.417. The zero-order valence-corrected chi connectivity index (χ0v) is 9.16. The SMILES string of the molecule is CC(C(=O)Nc1c(N)cccc1F)C1CC1. The summed E-state index contributed by atoms with van der Waals surface area (Å²) in [5, 5.41) is 2.56. The van der Waals surface area contributed by atoms with Crippen LogP contribution in [0.1, 0.15) is 19.8 Å². The van der Waals surface area contributed by atoms with E-state index < -0.39 is 5.82 Å². The molecule has 86 valence electrons. The Morgan fingerprint density at radius 1 is 1.56 bits per heavy atom. The summed E-state index contributed by atoms with van der Waals surface area (Å²) in [5.41, 5.74) is 5.96. The van der Waals surface area contributed by atoms with E-state index in [0.29, 0.717) is 5.92 Å². The van der Waals surface area contributed by atoms with Crippen molar-refractivity contribution in [3.05, 3.63) is 24.0 Å². The maximum Gasteiger partial charge on any atom is 0.227 e. The molecule has 1 fully saturated rings. The lowest BCUT2D eigenvalue weighted by Crippen LogP contribution is -2.23. The molecular weight excluding hydrogens is 207 g/mol. The summed E-state index contributed by atoms with van der Waals surface area (Å²) in [6, 6.07) is 4.37. The Kier molecular flexibility index (Phi) is 2.81. The molecule has 0 bridgehead atoms. The summed E-state index contributed by atoms with van der Waals surface area (Å²) in [5.74, 6) is -0.261. The number of anilines is 2. The van der Waals surface area contributed by atoms with E-state index in [1.807, 2.05) is 6.92 Å². The van der Waals surface area contributed by atoms with E-state index in [4.69, 9.17) is 5.73 Å². The predicted molar refractivity (Wildman–Crippen MR) is 61.3 cm³/mol. The lowest BCUT2D eigenvalue weighted by molar-refractivity contribution is -0.119. The number of benzene rings is 1. The third kappa shape index (κ3) is 2.15. The minimum absolute atomic E-state index is 0.0704. The van der Waals surface area contributed by atoms with Crippen molar-refractivity contribution in [3.8, 4) is 0 Å². The van der Waals surface area contributed by atoms with Crippen LogP contribution in [0, 0.1) is 17.7 Å². The molecule has 1 amide bonds. The quantitative estimate of drug-likeness (QED) is 0.771. The Morgan fingerprint density at radius 2 is 2.25 bits per heavy atom. The molecule has 0 aromatic heterocycles. The molecule has 3 nitrogen and oxygen atoms in total. The highest BCUT2D eigenvalue weighted by Gasteiger charge is 2.32. The van der Waals surface area contributed by atoms with Crippen molar-refractivity contribution < 1.29 is 9.18 Å². The van der Waals surface area contributed by atoms with Crippen LogP contribution in [0.3, 0.4) is 0 Å². The number of rotatable bonds is 3. The van der Waals surface area contributed by atoms with Gasteiger partial charge in [0.1, 0.15) is 11.5 Å². The minimum atomic E-state index is -0.489. The van der Waals surface area contributed by atoms with E-state index in [1.54, 1.807) is 6.07 Å². The molecule has 16 heavy (non-hydrogen) atoms. The number of nitrogens with one attached hydrogen (secondary N) is 1. The lowest BCUT2D eigenvalue weighted by atomic mass is 10.1. The minimum Gasteiger partial charge on any atom is -0.397 e. The first-order valence-corrected chi connectivity index (χ1v) is 5.44. The summed E-state index contributed by atoms with van der Waals surface area (Å²) in [4.78, 5) is 11.8. The maximum absolute atomic E-state index is 13.4. The molecule has 0 saturated heterocycles. The number of amides is 1. The first kappa shape index (κ1) is 10.9. The molecule has 1 saturated carbocycles. The largest absolute Gasteiger partial charge is 0.397 e. The summed E-state index contributed by atoms with van der Waals surface area (Å²) in [7, 11) is 0. The molecule has 0 heterocycles. The summed E-state index contributed by atoms with van der Waals surface area (Å²) in [6.07, 6.45) is 2.17. The number of para-hydroxylation sites is 1. The molecule has 0 spiro atoms. The lowest BCUT2D eigenvalue weighted by Gasteiger charge is -2.13. The van der Waals surface area contributed by atoms with Crippen LogP contribution >= 0.6 is 0 Å². The topological polar surface area (TPSA) is 55.1 Å². The summed E-state index contributed by atoms with van der Waals surface area (Å²) < 4.78 is 13.4. The van der Waals surface area contributed by atoms with E-state index in [0.717, 1.165) is 12.8 Å². The normalized spacial score (nSPS) is 16.9. The van der Waals surface area contributed by atoms with Crippen molar-refractivity contribution in [1.29, 1.82) is 0 Å². The van der Waals surface area contributed by atoms with Crippen LogP contribution in [0.25, 0.3) is 0 Å². The second-order valence-corrected chi connectivity index (χ2v) is 4.32. The number of carbonyl (C=O) groups is 1. The molecule has 3 N–H and O–H groups in total. The van der Waals surface area contributed by atoms with Crippen molar-refractivity contribution >= 4 is 17.3 Å². The molecule has 4 heteroatoms. The van der Waals surface area contributed by atoms with Crippen LogP contribution in [0.2, 0.25) is 0 Å². The Morgan fingerprint density at radius 3 is 2.81 bits per heavy atom. The van der Waals surface area contributed by atoms with Crippen LogP contribution in [-0.4, -0.2) is 5.91 Å². The molecule has 1 aliphatic rings. The van der Waals surface area contributed by atoms with Crippen LogP contribution in [0.15, 0.2) is 18.2 Å². The number of nitrogen functional groups attached to an aromatic ring is 1. The first-order valence-electron chi connectivity index (χ1n) is 5.44. The zero-order valence-electron chi connectivity index (χ0n) is 9.16. The van der Waals surface area contributed by atoms with Gasteiger partial charge in [0.25, 0.3) is 0 Å². The molecular formula is C12H15FN2O. The van der Waals surface area contributed by atoms with Gasteiger partial charge in [-0.05, 0) is 30.9 Å². The van der Waals surface area contributed by atoms with Crippen LogP contribution in [0.4, 0.5) is 15.8 Å². The van der Waals surface area contributed by atoms with Crippen LogP contribution in [0.5, 0.6) is 0 Å². The third-order valence-electron chi connectivity index (χ3n) is 3.04. The van der Waals surface area contributed by atoms with Gasteiger partial charge in [-0.1, -0.05) is 13.0 Å². The van der Waals surface area contributed by atoms with Crippen molar-refractivity contribution in [2.75, 3.05) is 11.1 Å². The van der Waals surface area contributed by atoms with Gasteiger partial charge in [-0.25, -0.2) is 4.39 Å². The van der Waals surface area contributed by atoms with Crippen molar-refractivity contribution in [2.24, 2.45) is 11.8 Å². The second kappa shape index (κ2) is 4.12. The highest BCUT2D eigenvalue weighted by molar-refractivity contribution is 5.95. The van der Waals surface area contributed by atoms with E-state index in [9.17, 15) is 9.18 Å². The van der Waals surface area contributed by atoms with Crippen LogP contribution in [-0.2, 0) is 4.79 Å². The fourth-order valence-electron chi connectivity index (χ4n) is 1.72. The highest BCUT2D eigenvalue weighted by Crippen LogP contribution is 2.37. The van der Waals surface area contributed by atoms with Gasteiger partial charge >= 0.3 is 0 Å². The highest BCUT2D eigenvalue weighted by atomic mass is 19.1. The third-order valence-corrected chi connectivity index (χ3v) is 3.04. The van der Waals surface area contributed by atoms with E-state index >= 15 is 0 Å². The smallest absolute Gasteiger partial charge is 0.227 e. The van der Waals surface area contributed by atoms with Gasteiger partial charge in [0, 0.05) is 5.92 Å². The predicted octanol–water partition coefficient (Wildman–Crippen LogP) is 2.39. The molecule has 1 atom stereocenters. The summed E-state index contributed by atoms with van der Waals surface area (Å²) in [6.45, 7) is 1.87. The Hall–Kier alpha value is -1.58. The Bertz CT molecular complexity index is 395. The second-order valence-electron chi connectivity index (χ2n) is 4.32. The standard InChI is InChI=1S/C12H15FN2O/c1-7(8-5-6-8)12(16)15-11-9(13)3-2-4-10(11)14/h2-4,7-8H,5-6,14H2,1H3,(H,15,16). The molecule has 2 rings (SSSR count). The van der Waals surface area contributed by atoms with Gasteiger partial charge in [-0.15, -0.1) is 0 Å². The number of halogens is 1. The molecule has 1 aromatic carbocycles. The number of nitrogens with two attached hydrogens (primary N) is 1. The zero-order chi connectivity index (χ0) is 11.7. The van der Waals surface area contributed by atoms with Gasteiger partial charge in [0.15, 0.2) is 0 Å². The van der Waals surface area contributed by atoms with Crippen molar-refractivity contribution in [3.63, 3.8) is 0 Å². The maximum atomic E-state index is 13.4. The Labute approximate surface area is 93.8 Å². The van der Waals surface area contributed by atoms with Crippen molar-refractivity contribution in [1.82, 2.24) is 0 Å². The van der Waals surface area contributed by atoms with Gasteiger partial charge in [0.05, 0.1) is 5.69 Å². The van der Waals surface area contributed by atoms with Gasteiger partial charge in [0.2, 0.25) is 5.91 Å². The molecule has 0 radical (unpaired) electrons.